The van der Waals surface area contributed by atoms with Gasteiger partial charge in [0.25, 0.3) is 0 Å². The van der Waals surface area contributed by atoms with Gasteiger partial charge in [-0.3, -0.25) is 0 Å². The van der Waals surface area contributed by atoms with E-state index < -0.39 is 8.32 Å². The molecule has 0 saturated carbocycles. The van der Waals surface area contributed by atoms with Crippen molar-refractivity contribution in [2.24, 2.45) is 0 Å². The van der Waals surface area contributed by atoms with Gasteiger partial charge in [-0.15, -0.1) is 0 Å². The van der Waals surface area contributed by atoms with Crippen LogP contribution >= 0.6 is 0 Å². The second-order valence-electron chi connectivity index (χ2n) is 6.49. The van der Waals surface area contributed by atoms with Gasteiger partial charge in [-0.1, -0.05) is 52.7 Å². The first-order valence-corrected chi connectivity index (χ1v) is 10.1. The van der Waals surface area contributed by atoms with Gasteiger partial charge in [0.1, 0.15) is 5.82 Å². The van der Waals surface area contributed by atoms with Gasteiger partial charge < -0.3 is 4.80 Å². The zero-order valence-corrected chi connectivity index (χ0v) is 14.3. The number of hydrogen-bond donors (Lipinski definition) is 1. The third kappa shape index (κ3) is 5.02. The van der Waals surface area contributed by atoms with E-state index in [1.54, 1.807) is 12.1 Å². The topological polar surface area (TPSA) is 20.2 Å². The highest BCUT2D eigenvalue weighted by atomic mass is 28.4. The van der Waals surface area contributed by atoms with E-state index in [1.165, 1.54) is 6.07 Å². The zero-order valence-electron chi connectivity index (χ0n) is 13.3. The molecule has 0 spiro atoms. The molecule has 114 valence electrons. The van der Waals surface area contributed by atoms with Crippen molar-refractivity contribution >= 4 is 8.32 Å². The minimum atomic E-state index is -2.10. The van der Waals surface area contributed by atoms with E-state index >= 15 is 0 Å². The molecule has 0 fully saturated rings. The second-order valence-corrected chi connectivity index (χ2v) is 11.3. The fraction of sp³-hybridized carbons (Fsp3) is 0.647. The van der Waals surface area contributed by atoms with E-state index in [-0.39, 0.29) is 5.82 Å². The van der Waals surface area contributed by atoms with Crippen LogP contribution in [-0.4, -0.2) is 13.1 Å². The molecule has 0 atom stereocenters. The van der Waals surface area contributed by atoms with Crippen LogP contribution in [0.2, 0.25) is 17.1 Å². The number of aryl methyl sites for hydroxylation is 1. The van der Waals surface area contributed by atoms with Crippen LogP contribution in [0.1, 0.15) is 52.5 Å². The first-order valence-electron chi connectivity index (χ1n) is 7.83. The van der Waals surface area contributed by atoms with Crippen LogP contribution < -0.4 is 0 Å². The summed E-state index contributed by atoms with van der Waals surface area (Å²) < 4.78 is 13.0. The van der Waals surface area contributed by atoms with Crippen LogP contribution in [0.15, 0.2) is 24.3 Å². The Labute approximate surface area is 124 Å². The van der Waals surface area contributed by atoms with Crippen LogP contribution in [0.3, 0.4) is 0 Å². The molecule has 0 aliphatic carbocycles. The Bertz CT molecular complexity index is 396. The molecule has 20 heavy (non-hydrogen) atoms. The number of hydrogen-bond acceptors (Lipinski definition) is 1. The summed E-state index contributed by atoms with van der Waals surface area (Å²) in [6, 6.07) is 7.85. The van der Waals surface area contributed by atoms with Crippen molar-refractivity contribution in [1.29, 1.82) is 0 Å². The number of benzene rings is 1. The Morgan fingerprint density at radius 1 is 1.05 bits per heavy atom. The molecule has 0 saturated heterocycles. The van der Waals surface area contributed by atoms with E-state index in [9.17, 15) is 9.19 Å². The molecule has 0 heterocycles. The summed E-state index contributed by atoms with van der Waals surface area (Å²) in [6.07, 6.45) is 4.21. The SMILES string of the molecule is CC(C)[Si](O)(CCCCCc1cccc(F)c1)C(C)C. The summed E-state index contributed by atoms with van der Waals surface area (Å²) in [7, 11) is -2.10. The Balaban J connectivity index is 2.31. The minimum Gasteiger partial charge on any atom is -0.431 e. The van der Waals surface area contributed by atoms with Gasteiger partial charge in [-0.2, -0.15) is 0 Å². The highest BCUT2D eigenvalue weighted by molar-refractivity contribution is 6.75. The lowest BCUT2D eigenvalue weighted by molar-refractivity contribution is 0.483. The van der Waals surface area contributed by atoms with Gasteiger partial charge in [-0.25, -0.2) is 4.39 Å². The maximum absolute atomic E-state index is 13.0. The van der Waals surface area contributed by atoms with Crippen molar-refractivity contribution in [1.82, 2.24) is 0 Å². The summed E-state index contributed by atoms with van der Waals surface area (Å²) >= 11 is 0. The van der Waals surface area contributed by atoms with Crippen LogP contribution in [0.5, 0.6) is 0 Å². The smallest absolute Gasteiger partial charge is 0.193 e. The van der Waals surface area contributed by atoms with E-state index in [1.807, 2.05) is 6.07 Å². The monoisotopic (exact) mass is 296 g/mol. The van der Waals surface area contributed by atoms with Gasteiger partial charge in [-0.05, 0) is 47.7 Å². The lowest BCUT2D eigenvalue weighted by atomic mass is 10.1. The lowest BCUT2D eigenvalue weighted by Crippen LogP contribution is -2.41. The maximum atomic E-state index is 13.0. The van der Waals surface area contributed by atoms with Crippen molar-refractivity contribution in [3.8, 4) is 0 Å². The fourth-order valence-electron chi connectivity index (χ4n) is 2.85. The molecule has 1 aromatic rings. The second kappa shape index (κ2) is 7.94. The fourth-order valence-corrected chi connectivity index (χ4v) is 6.15. The average molecular weight is 297 g/mol. The number of rotatable bonds is 8. The number of unbranched alkanes of at least 4 members (excludes halogenated alkanes) is 2. The predicted octanol–water partition coefficient (Wildman–Crippen LogP) is 5.30. The normalized spacial score (nSPS) is 12.4. The van der Waals surface area contributed by atoms with Gasteiger partial charge in [0.15, 0.2) is 8.32 Å². The molecule has 0 aliphatic heterocycles. The predicted molar refractivity (Wildman–Crippen MR) is 86.9 cm³/mol. The van der Waals surface area contributed by atoms with Gasteiger partial charge >= 0.3 is 0 Å². The molecule has 1 rings (SSSR count). The van der Waals surface area contributed by atoms with Crippen molar-refractivity contribution in [3.05, 3.63) is 35.6 Å². The molecule has 0 unspecified atom stereocenters. The van der Waals surface area contributed by atoms with Crippen molar-refractivity contribution in [2.75, 3.05) is 0 Å². The quantitative estimate of drug-likeness (QED) is 0.510. The first kappa shape index (κ1) is 17.4. The lowest BCUT2D eigenvalue weighted by Gasteiger charge is -2.33. The molecule has 0 aliphatic rings. The standard InChI is InChI=1S/C17H29FOSi/c1-14(2)20(19,15(3)4)12-7-5-6-9-16-10-8-11-17(18)13-16/h8,10-11,13-15,19H,5-7,9,12H2,1-4H3. The molecule has 0 bridgehead atoms. The van der Waals surface area contributed by atoms with Crippen LogP contribution in [-0.2, 0) is 6.42 Å². The van der Waals surface area contributed by atoms with Gasteiger partial charge in [0.2, 0.25) is 0 Å². The van der Waals surface area contributed by atoms with Crippen molar-refractivity contribution in [3.63, 3.8) is 0 Å². The summed E-state index contributed by atoms with van der Waals surface area (Å²) in [6.45, 7) is 8.61. The molecular formula is C17H29FOSi. The summed E-state index contributed by atoms with van der Waals surface area (Å²) in [5.41, 5.74) is 1.92. The Morgan fingerprint density at radius 2 is 1.70 bits per heavy atom. The maximum Gasteiger partial charge on any atom is 0.193 e. The molecule has 0 amide bonds. The largest absolute Gasteiger partial charge is 0.431 e. The highest BCUT2D eigenvalue weighted by Crippen LogP contribution is 2.34. The molecule has 1 nitrogen and oxygen atoms in total. The van der Waals surface area contributed by atoms with Crippen LogP contribution in [0.4, 0.5) is 4.39 Å². The molecule has 0 radical (unpaired) electrons. The van der Waals surface area contributed by atoms with Crippen LogP contribution in [0.25, 0.3) is 0 Å². The van der Waals surface area contributed by atoms with E-state index in [0.29, 0.717) is 11.1 Å². The van der Waals surface area contributed by atoms with E-state index in [2.05, 4.69) is 27.7 Å². The van der Waals surface area contributed by atoms with Gasteiger partial charge in [0, 0.05) is 0 Å². The minimum absolute atomic E-state index is 0.149. The Hall–Kier alpha value is -0.673. The van der Waals surface area contributed by atoms with E-state index in [4.69, 9.17) is 0 Å². The van der Waals surface area contributed by atoms with Crippen LogP contribution in [0, 0.1) is 5.82 Å². The molecule has 1 N–H and O–H groups in total. The summed E-state index contributed by atoms with van der Waals surface area (Å²) in [4.78, 5) is 10.8. The zero-order chi connectivity index (χ0) is 15.2. The third-order valence-electron chi connectivity index (χ3n) is 4.43. The molecule has 0 aromatic heterocycles. The first-order chi connectivity index (χ1) is 9.36. The van der Waals surface area contributed by atoms with Gasteiger partial charge in [0.05, 0.1) is 0 Å². The third-order valence-corrected chi connectivity index (χ3v) is 9.58. The molecule has 1 aromatic carbocycles. The summed E-state index contributed by atoms with van der Waals surface area (Å²) in [5, 5.41) is 0. The highest BCUT2D eigenvalue weighted by Gasteiger charge is 2.37. The Morgan fingerprint density at radius 3 is 2.25 bits per heavy atom. The average Bonchev–Trinajstić information content (AvgIpc) is 2.37. The van der Waals surface area contributed by atoms with E-state index in [0.717, 1.165) is 37.3 Å². The van der Waals surface area contributed by atoms with Crippen molar-refractivity contribution in [2.45, 2.75) is 70.5 Å². The molecular weight excluding hydrogens is 267 g/mol. The Kier molecular flexibility index (Phi) is 6.90. The summed E-state index contributed by atoms with van der Waals surface area (Å²) in [5.74, 6) is -0.149. The number of halogens is 1. The molecule has 3 heteroatoms. The van der Waals surface area contributed by atoms with Crippen molar-refractivity contribution < 1.29 is 9.19 Å².